The summed E-state index contributed by atoms with van der Waals surface area (Å²) in [6.45, 7) is 3.79. The van der Waals surface area contributed by atoms with Gasteiger partial charge in [-0.15, -0.1) is 0 Å². The molecule has 0 aliphatic rings. The summed E-state index contributed by atoms with van der Waals surface area (Å²) in [5.41, 5.74) is 6.96. The molecule has 1 aromatic carbocycles. The van der Waals surface area contributed by atoms with Gasteiger partial charge in [0.05, 0.1) is 5.56 Å². The highest BCUT2D eigenvalue weighted by Gasteiger charge is 2.30. The van der Waals surface area contributed by atoms with E-state index >= 15 is 0 Å². The number of aryl methyl sites for hydroxylation is 2. The van der Waals surface area contributed by atoms with Crippen molar-refractivity contribution in [2.24, 2.45) is 5.73 Å². The van der Waals surface area contributed by atoms with Crippen LogP contribution in [0.3, 0.4) is 0 Å². The van der Waals surface area contributed by atoms with Crippen LogP contribution in [0.1, 0.15) is 42.9 Å². The van der Waals surface area contributed by atoms with Gasteiger partial charge in [0.25, 0.3) is 0 Å². The van der Waals surface area contributed by atoms with Gasteiger partial charge < -0.3 is 5.73 Å². The molecular formula is C14H20F3N. The van der Waals surface area contributed by atoms with Crippen LogP contribution in [0.25, 0.3) is 0 Å². The van der Waals surface area contributed by atoms with Crippen molar-refractivity contribution >= 4 is 0 Å². The molecule has 1 atom stereocenters. The van der Waals surface area contributed by atoms with Crippen LogP contribution < -0.4 is 5.73 Å². The highest BCUT2D eigenvalue weighted by atomic mass is 19.4. The molecule has 0 aliphatic heterocycles. The van der Waals surface area contributed by atoms with Crippen LogP contribution in [0.2, 0.25) is 0 Å². The molecule has 0 saturated heterocycles. The van der Waals surface area contributed by atoms with Gasteiger partial charge in [0.15, 0.2) is 0 Å². The standard InChI is InChI=1S/C14H20F3N/c1-3-4-13(18)8-6-11-5-7-12(9-10(11)2)14(15,16)17/h5,7,9,13H,3-4,6,8,18H2,1-2H3. The molecule has 0 fully saturated rings. The van der Waals surface area contributed by atoms with Crippen molar-refractivity contribution in [1.82, 2.24) is 0 Å². The Hall–Kier alpha value is -1.03. The van der Waals surface area contributed by atoms with Crippen molar-refractivity contribution < 1.29 is 13.2 Å². The van der Waals surface area contributed by atoms with Crippen molar-refractivity contribution in [3.8, 4) is 0 Å². The molecule has 1 unspecified atom stereocenters. The fourth-order valence-electron chi connectivity index (χ4n) is 2.01. The van der Waals surface area contributed by atoms with Crippen LogP contribution in [-0.2, 0) is 12.6 Å². The van der Waals surface area contributed by atoms with E-state index in [2.05, 4.69) is 6.92 Å². The first-order chi connectivity index (χ1) is 8.34. The average Bonchev–Trinajstić information content (AvgIpc) is 2.26. The first-order valence-corrected chi connectivity index (χ1v) is 6.27. The van der Waals surface area contributed by atoms with E-state index in [1.54, 1.807) is 13.0 Å². The predicted octanol–water partition coefficient (Wildman–Crippen LogP) is 4.07. The Morgan fingerprint density at radius 1 is 1.22 bits per heavy atom. The first-order valence-electron chi connectivity index (χ1n) is 6.27. The monoisotopic (exact) mass is 259 g/mol. The molecular weight excluding hydrogens is 239 g/mol. The quantitative estimate of drug-likeness (QED) is 0.847. The van der Waals surface area contributed by atoms with Crippen LogP contribution in [0.4, 0.5) is 13.2 Å². The van der Waals surface area contributed by atoms with Gasteiger partial charge >= 0.3 is 6.18 Å². The Bertz CT molecular complexity index is 385. The second-order valence-electron chi connectivity index (χ2n) is 4.73. The van der Waals surface area contributed by atoms with Crippen molar-refractivity contribution in [2.45, 2.75) is 51.7 Å². The second kappa shape index (κ2) is 6.23. The van der Waals surface area contributed by atoms with Crippen LogP contribution in [-0.4, -0.2) is 6.04 Å². The normalized spacial score (nSPS) is 13.7. The van der Waals surface area contributed by atoms with E-state index in [-0.39, 0.29) is 6.04 Å². The summed E-state index contributed by atoms with van der Waals surface area (Å²) in [6, 6.07) is 4.06. The number of nitrogens with two attached hydrogens (primary N) is 1. The lowest BCUT2D eigenvalue weighted by Gasteiger charge is -2.13. The topological polar surface area (TPSA) is 26.0 Å². The molecule has 0 amide bonds. The molecule has 18 heavy (non-hydrogen) atoms. The highest BCUT2D eigenvalue weighted by molar-refractivity contribution is 5.32. The van der Waals surface area contributed by atoms with Crippen LogP contribution in [0.5, 0.6) is 0 Å². The zero-order valence-corrected chi connectivity index (χ0v) is 10.8. The molecule has 1 nitrogen and oxygen atoms in total. The molecule has 0 spiro atoms. The van der Waals surface area contributed by atoms with Crippen LogP contribution >= 0.6 is 0 Å². The maximum atomic E-state index is 12.5. The molecule has 4 heteroatoms. The Balaban J connectivity index is 2.69. The fourth-order valence-corrected chi connectivity index (χ4v) is 2.01. The third kappa shape index (κ3) is 4.33. The lowest BCUT2D eigenvalue weighted by Crippen LogP contribution is -2.20. The van der Waals surface area contributed by atoms with Crippen molar-refractivity contribution in [2.75, 3.05) is 0 Å². The molecule has 2 N–H and O–H groups in total. The summed E-state index contributed by atoms with van der Waals surface area (Å²) in [4.78, 5) is 0. The minimum absolute atomic E-state index is 0.136. The van der Waals surface area contributed by atoms with Crippen molar-refractivity contribution in [3.05, 3.63) is 34.9 Å². The van der Waals surface area contributed by atoms with Gasteiger partial charge in [-0.1, -0.05) is 19.4 Å². The summed E-state index contributed by atoms with van der Waals surface area (Å²) in [6.07, 6.45) is -0.708. The average molecular weight is 259 g/mol. The summed E-state index contributed by atoms with van der Waals surface area (Å²) < 4.78 is 37.5. The summed E-state index contributed by atoms with van der Waals surface area (Å²) in [7, 11) is 0. The zero-order chi connectivity index (χ0) is 13.8. The van der Waals surface area contributed by atoms with E-state index < -0.39 is 11.7 Å². The zero-order valence-electron chi connectivity index (χ0n) is 10.8. The molecule has 0 aliphatic carbocycles. The molecule has 0 bridgehead atoms. The Morgan fingerprint density at radius 2 is 1.89 bits per heavy atom. The summed E-state index contributed by atoms with van der Waals surface area (Å²) >= 11 is 0. The fraction of sp³-hybridized carbons (Fsp3) is 0.571. The SMILES string of the molecule is CCCC(N)CCc1ccc(C(F)(F)F)cc1C. The molecule has 0 saturated carbocycles. The maximum Gasteiger partial charge on any atom is 0.416 e. The predicted molar refractivity (Wildman–Crippen MR) is 67.4 cm³/mol. The second-order valence-corrected chi connectivity index (χ2v) is 4.73. The van der Waals surface area contributed by atoms with Gasteiger partial charge in [0.1, 0.15) is 0 Å². The number of benzene rings is 1. The van der Waals surface area contributed by atoms with E-state index in [1.165, 1.54) is 6.07 Å². The number of alkyl halides is 3. The van der Waals surface area contributed by atoms with E-state index in [1.807, 2.05) is 0 Å². The molecule has 0 heterocycles. The van der Waals surface area contributed by atoms with E-state index in [0.717, 1.165) is 37.3 Å². The number of halogens is 3. The maximum absolute atomic E-state index is 12.5. The van der Waals surface area contributed by atoms with Gasteiger partial charge in [-0.2, -0.15) is 13.2 Å². The molecule has 1 rings (SSSR count). The van der Waals surface area contributed by atoms with Crippen molar-refractivity contribution in [3.63, 3.8) is 0 Å². The molecule has 102 valence electrons. The summed E-state index contributed by atoms with van der Waals surface area (Å²) in [5, 5.41) is 0. The van der Waals surface area contributed by atoms with E-state index in [0.29, 0.717) is 5.56 Å². The van der Waals surface area contributed by atoms with Gasteiger partial charge in [-0.25, -0.2) is 0 Å². The van der Waals surface area contributed by atoms with Crippen molar-refractivity contribution in [1.29, 1.82) is 0 Å². The van der Waals surface area contributed by atoms with Gasteiger partial charge in [0, 0.05) is 6.04 Å². The van der Waals surface area contributed by atoms with E-state index in [4.69, 9.17) is 5.73 Å². The Kier molecular flexibility index (Phi) is 5.20. The van der Waals surface area contributed by atoms with Gasteiger partial charge in [-0.05, 0) is 49.4 Å². The lowest BCUT2D eigenvalue weighted by molar-refractivity contribution is -0.137. The summed E-state index contributed by atoms with van der Waals surface area (Å²) in [5.74, 6) is 0. The van der Waals surface area contributed by atoms with Gasteiger partial charge in [0.2, 0.25) is 0 Å². The minimum atomic E-state index is -4.26. The number of hydrogen-bond donors (Lipinski definition) is 1. The molecule has 0 radical (unpaired) electrons. The number of rotatable bonds is 5. The smallest absolute Gasteiger partial charge is 0.328 e. The van der Waals surface area contributed by atoms with Gasteiger partial charge in [-0.3, -0.25) is 0 Å². The minimum Gasteiger partial charge on any atom is -0.328 e. The lowest BCUT2D eigenvalue weighted by atomic mass is 9.97. The number of hydrogen-bond acceptors (Lipinski definition) is 1. The van der Waals surface area contributed by atoms with Crippen LogP contribution in [0.15, 0.2) is 18.2 Å². The van der Waals surface area contributed by atoms with Crippen LogP contribution in [0, 0.1) is 6.92 Å². The third-order valence-electron chi connectivity index (χ3n) is 3.11. The Labute approximate surface area is 106 Å². The first kappa shape index (κ1) is 15.0. The Morgan fingerprint density at radius 3 is 2.39 bits per heavy atom. The largest absolute Gasteiger partial charge is 0.416 e. The third-order valence-corrected chi connectivity index (χ3v) is 3.11. The molecule has 1 aromatic rings. The highest BCUT2D eigenvalue weighted by Crippen LogP contribution is 2.30. The molecule has 0 aromatic heterocycles. The van der Waals surface area contributed by atoms with E-state index in [9.17, 15) is 13.2 Å².